The number of nitrogens with zero attached hydrogens (tertiary/aromatic N) is 6. The number of ether oxygens (including phenoxy) is 1. The quantitative estimate of drug-likeness (QED) is 0.577. The lowest BCUT2D eigenvalue weighted by atomic mass is 10.1. The van der Waals surface area contributed by atoms with E-state index in [1.165, 1.54) is 5.56 Å². The normalized spacial score (nSPS) is 19.1. The molecule has 0 unspecified atom stereocenters. The lowest BCUT2D eigenvalue weighted by Crippen LogP contribution is -2.53. The summed E-state index contributed by atoms with van der Waals surface area (Å²) in [7, 11) is 0. The molecule has 0 spiro atoms. The summed E-state index contributed by atoms with van der Waals surface area (Å²) >= 11 is 6.13. The zero-order valence-electron chi connectivity index (χ0n) is 19.1. The molecule has 2 aliphatic heterocycles. The standard InChI is InChI=1S/C25H29ClN6O/c1-18-4-3-9-27-24(18)31-10-11-32(19(2)17-31)23-16-22(20-5-7-21(26)8-6-20)28-25(29-23)30-12-14-33-15-13-30/h3-9,16,19H,10-15,17H2,1-2H3/t19-/m1/s1. The minimum absolute atomic E-state index is 0.283. The van der Waals surface area contributed by atoms with Crippen LogP contribution in [0.2, 0.25) is 5.02 Å². The molecular weight excluding hydrogens is 436 g/mol. The molecule has 0 aliphatic carbocycles. The van der Waals surface area contributed by atoms with Crippen LogP contribution in [0.4, 0.5) is 17.6 Å². The summed E-state index contributed by atoms with van der Waals surface area (Å²) in [5.41, 5.74) is 3.15. The molecule has 0 N–H and O–H groups in total. The summed E-state index contributed by atoms with van der Waals surface area (Å²) in [5.74, 6) is 2.79. The Hall–Kier alpha value is -2.90. The summed E-state index contributed by atoms with van der Waals surface area (Å²) in [4.78, 5) is 21.5. The number of pyridine rings is 1. The number of anilines is 3. The van der Waals surface area contributed by atoms with E-state index < -0.39 is 0 Å². The number of benzene rings is 1. The molecule has 0 radical (unpaired) electrons. The Morgan fingerprint density at radius 3 is 2.48 bits per heavy atom. The van der Waals surface area contributed by atoms with E-state index in [1.807, 2.05) is 36.5 Å². The maximum absolute atomic E-state index is 6.13. The lowest BCUT2D eigenvalue weighted by molar-refractivity contribution is 0.122. The van der Waals surface area contributed by atoms with Gasteiger partial charge < -0.3 is 19.4 Å². The van der Waals surface area contributed by atoms with Crippen LogP contribution in [0.1, 0.15) is 12.5 Å². The van der Waals surface area contributed by atoms with E-state index in [0.717, 1.165) is 66.6 Å². The number of hydrogen-bond acceptors (Lipinski definition) is 7. The van der Waals surface area contributed by atoms with Crippen LogP contribution < -0.4 is 14.7 Å². The highest BCUT2D eigenvalue weighted by Gasteiger charge is 2.28. The van der Waals surface area contributed by atoms with Crippen molar-refractivity contribution in [3.05, 3.63) is 59.2 Å². The van der Waals surface area contributed by atoms with Crippen LogP contribution in [0.3, 0.4) is 0 Å². The number of aryl methyl sites for hydroxylation is 1. The third kappa shape index (κ3) is 4.75. The van der Waals surface area contributed by atoms with Crippen LogP contribution >= 0.6 is 11.6 Å². The van der Waals surface area contributed by atoms with Gasteiger partial charge in [-0.05, 0) is 37.6 Å². The molecule has 8 heteroatoms. The summed E-state index contributed by atoms with van der Waals surface area (Å²) < 4.78 is 5.54. The molecule has 0 saturated carbocycles. The Bertz CT molecular complexity index is 1100. The molecule has 1 aromatic carbocycles. The van der Waals surface area contributed by atoms with Gasteiger partial charge in [0.1, 0.15) is 11.6 Å². The van der Waals surface area contributed by atoms with Crippen molar-refractivity contribution in [3.63, 3.8) is 0 Å². The summed E-state index contributed by atoms with van der Waals surface area (Å²) in [5, 5.41) is 0.719. The molecule has 5 rings (SSSR count). The number of rotatable bonds is 4. The molecule has 2 aromatic heterocycles. The van der Waals surface area contributed by atoms with Gasteiger partial charge in [-0.25, -0.2) is 9.97 Å². The second-order valence-corrected chi connectivity index (χ2v) is 9.09. The van der Waals surface area contributed by atoms with Crippen molar-refractivity contribution in [1.29, 1.82) is 0 Å². The van der Waals surface area contributed by atoms with Gasteiger partial charge >= 0.3 is 0 Å². The molecule has 3 aromatic rings. The molecule has 4 heterocycles. The molecule has 172 valence electrons. The maximum Gasteiger partial charge on any atom is 0.228 e. The number of hydrogen-bond donors (Lipinski definition) is 0. The predicted octanol–water partition coefficient (Wildman–Crippen LogP) is 4.05. The zero-order valence-corrected chi connectivity index (χ0v) is 19.9. The van der Waals surface area contributed by atoms with E-state index in [-0.39, 0.29) is 6.04 Å². The first-order valence-corrected chi connectivity index (χ1v) is 11.9. The highest BCUT2D eigenvalue weighted by atomic mass is 35.5. The van der Waals surface area contributed by atoms with Gasteiger partial charge in [-0.2, -0.15) is 4.98 Å². The van der Waals surface area contributed by atoms with Crippen molar-refractivity contribution in [1.82, 2.24) is 15.0 Å². The third-order valence-electron chi connectivity index (χ3n) is 6.34. The summed E-state index contributed by atoms with van der Waals surface area (Å²) in [6.07, 6.45) is 1.87. The van der Waals surface area contributed by atoms with Crippen molar-refractivity contribution in [2.75, 3.05) is 60.6 Å². The summed E-state index contributed by atoms with van der Waals surface area (Å²) in [6.45, 7) is 10.0. The molecule has 2 fully saturated rings. The van der Waals surface area contributed by atoms with Gasteiger partial charge in [-0.15, -0.1) is 0 Å². The van der Waals surface area contributed by atoms with Crippen molar-refractivity contribution < 1.29 is 4.74 Å². The molecule has 2 aliphatic rings. The number of piperazine rings is 1. The minimum atomic E-state index is 0.283. The Balaban J connectivity index is 1.46. The lowest BCUT2D eigenvalue weighted by Gasteiger charge is -2.41. The third-order valence-corrected chi connectivity index (χ3v) is 6.59. The number of halogens is 1. The summed E-state index contributed by atoms with van der Waals surface area (Å²) in [6, 6.07) is 14.3. The number of aromatic nitrogens is 3. The Morgan fingerprint density at radius 2 is 1.76 bits per heavy atom. The zero-order chi connectivity index (χ0) is 22.8. The van der Waals surface area contributed by atoms with Crippen LogP contribution in [0.15, 0.2) is 48.7 Å². The van der Waals surface area contributed by atoms with Gasteiger partial charge in [-0.3, -0.25) is 0 Å². The van der Waals surface area contributed by atoms with Gasteiger partial charge in [0.25, 0.3) is 0 Å². The second-order valence-electron chi connectivity index (χ2n) is 8.65. The second kappa shape index (κ2) is 9.53. The van der Waals surface area contributed by atoms with Crippen molar-refractivity contribution >= 4 is 29.2 Å². The fourth-order valence-corrected chi connectivity index (χ4v) is 4.67. The van der Waals surface area contributed by atoms with E-state index in [2.05, 4.69) is 45.7 Å². The van der Waals surface area contributed by atoms with Crippen LogP contribution in [0.5, 0.6) is 0 Å². The van der Waals surface area contributed by atoms with E-state index in [0.29, 0.717) is 13.2 Å². The first-order valence-electron chi connectivity index (χ1n) is 11.5. The van der Waals surface area contributed by atoms with Gasteiger partial charge in [0.05, 0.1) is 18.9 Å². The number of morpholine rings is 1. The molecule has 33 heavy (non-hydrogen) atoms. The smallest absolute Gasteiger partial charge is 0.228 e. The first kappa shape index (κ1) is 21.9. The van der Waals surface area contributed by atoms with E-state index in [1.54, 1.807) is 0 Å². The van der Waals surface area contributed by atoms with Gasteiger partial charge in [-0.1, -0.05) is 29.8 Å². The van der Waals surface area contributed by atoms with Crippen molar-refractivity contribution in [2.24, 2.45) is 0 Å². The molecule has 0 amide bonds. The molecule has 1 atom stereocenters. The monoisotopic (exact) mass is 464 g/mol. The first-order chi connectivity index (χ1) is 16.1. The largest absolute Gasteiger partial charge is 0.378 e. The topological polar surface area (TPSA) is 57.6 Å². The molecule has 2 saturated heterocycles. The fourth-order valence-electron chi connectivity index (χ4n) is 4.54. The average Bonchev–Trinajstić information content (AvgIpc) is 2.85. The van der Waals surface area contributed by atoms with E-state index >= 15 is 0 Å². The minimum Gasteiger partial charge on any atom is -0.378 e. The van der Waals surface area contributed by atoms with Crippen LogP contribution in [0.25, 0.3) is 11.3 Å². The van der Waals surface area contributed by atoms with Gasteiger partial charge in [0.2, 0.25) is 5.95 Å². The maximum atomic E-state index is 6.13. The SMILES string of the molecule is Cc1cccnc1N1CCN(c2cc(-c3ccc(Cl)cc3)nc(N3CCOCC3)n2)[C@H](C)C1. The van der Waals surface area contributed by atoms with Crippen molar-refractivity contribution in [2.45, 2.75) is 19.9 Å². The highest BCUT2D eigenvalue weighted by Crippen LogP contribution is 2.29. The van der Waals surface area contributed by atoms with E-state index in [9.17, 15) is 0 Å². The van der Waals surface area contributed by atoms with Gasteiger partial charge in [0.15, 0.2) is 0 Å². The molecule has 0 bridgehead atoms. The van der Waals surface area contributed by atoms with Crippen LogP contribution in [0, 0.1) is 6.92 Å². The van der Waals surface area contributed by atoms with Gasteiger partial charge in [0, 0.05) is 61.6 Å². The average molecular weight is 465 g/mol. The molecular formula is C25H29ClN6O. The Morgan fingerprint density at radius 1 is 0.970 bits per heavy atom. The van der Waals surface area contributed by atoms with Crippen molar-refractivity contribution in [3.8, 4) is 11.3 Å². The Kier molecular flexibility index (Phi) is 6.33. The van der Waals surface area contributed by atoms with E-state index in [4.69, 9.17) is 26.3 Å². The highest BCUT2D eigenvalue weighted by molar-refractivity contribution is 6.30. The fraction of sp³-hybridized carbons (Fsp3) is 0.400. The molecule has 7 nitrogen and oxygen atoms in total. The van der Waals surface area contributed by atoms with Crippen LogP contribution in [-0.4, -0.2) is 66.9 Å². The van der Waals surface area contributed by atoms with Crippen LogP contribution in [-0.2, 0) is 4.74 Å². The Labute approximate surface area is 200 Å². The predicted molar refractivity (Wildman–Crippen MR) is 134 cm³/mol.